The summed E-state index contributed by atoms with van der Waals surface area (Å²) in [5.74, 6) is -0.166. The molecule has 2 aliphatic rings. The number of likely N-dealkylation sites (tertiary alicyclic amines) is 2. The summed E-state index contributed by atoms with van der Waals surface area (Å²) in [7, 11) is 0. The molecule has 0 saturated carbocycles. The first-order chi connectivity index (χ1) is 12.0. The van der Waals surface area contributed by atoms with Crippen molar-refractivity contribution >= 4 is 11.8 Å². The van der Waals surface area contributed by atoms with Gasteiger partial charge < -0.3 is 10.2 Å². The summed E-state index contributed by atoms with van der Waals surface area (Å²) in [5, 5.41) is 2.91. The smallest absolute Gasteiger partial charge is 0.234 e. The normalized spacial score (nSPS) is 23.8. The maximum atomic E-state index is 12.9. The highest BCUT2D eigenvalue weighted by Crippen LogP contribution is 2.29. The number of amides is 2. The van der Waals surface area contributed by atoms with Gasteiger partial charge in [0, 0.05) is 32.1 Å². The zero-order valence-electron chi connectivity index (χ0n) is 14.7. The predicted octanol–water partition coefficient (Wildman–Crippen LogP) is 1.92. The minimum absolute atomic E-state index is 0.0244. The second kappa shape index (κ2) is 7.95. The molecule has 5 nitrogen and oxygen atoms in total. The van der Waals surface area contributed by atoms with Gasteiger partial charge in [-0.3, -0.25) is 14.5 Å². The molecule has 2 amide bonds. The molecule has 2 atom stereocenters. The van der Waals surface area contributed by atoms with E-state index in [1.807, 2.05) is 4.90 Å². The molecule has 2 fully saturated rings. The predicted molar refractivity (Wildman–Crippen MR) is 93.3 cm³/mol. The van der Waals surface area contributed by atoms with E-state index in [0.717, 1.165) is 44.3 Å². The molecule has 136 valence electrons. The van der Waals surface area contributed by atoms with E-state index in [-0.39, 0.29) is 29.7 Å². The summed E-state index contributed by atoms with van der Waals surface area (Å²) in [4.78, 5) is 28.3. The summed E-state index contributed by atoms with van der Waals surface area (Å²) < 4.78 is 12.9. The molecule has 0 aromatic heterocycles. The van der Waals surface area contributed by atoms with E-state index in [1.165, 1.54) is 12.1 Å². The Morgan fingerprint density at radius 2 is 1.80 bits per heavy atom. The van der Waals surface area contributed by atoms with Gasteiger partial charge in [0.2, 0.25) is 11.8 Å². The molecule has 2 unspecified atom stereocenters. The number of nitrogens with one attached hydrogen (secondary N) is 1. The highest BCUT2D eigenvalue weighted by molar-refractivity contribution is 5.78. The van der Waals surface area contributed by atoms with Crippen LogP contribution in [0.15, 0.2) is 24.3 Å². The Morgan fingerprint density at radius 3 is 2.52 bits per heavy atom. The molecular weight excluding hydrogens is 321 g/mol. The minimum atomic E-state index is -0.276. The van der Waals surface area contributed by atoms with Gasteiger partial charge in [-0.25, -0.2) is 4.39 Å². The molecule has 6 heteroatoms. The maximum absolute atomic E-state index is 12.9. The third-order valence-corrected chi connectivity index (χ3v) is 5.31. The first-order valence-corrected chi connectivity index (χ1v) is 9.07. The largest absolute Gasteiger partial charge is 0.351 e. The molecule has 1 N–H and O–H groups in total. The molecule has 25 heavy (non-hydrogen) atoms. The van der Waals surface area contributed by atoms with Gasteiger partial charge in [-0.15, -0.1) is 0 Å². The molecule has 2 aliphatic heterocycles. The van der Waals surface area contributed by atoms with Gasteiger partial charge in [-0.1, -0.05) is 12.1 Å². The van der Waals surface area contributed by atoms with Crippen LogP contribution in [0.25, 0.3) is 0 Å². The maximum Gasteiger partial charge on any atom is 0.234 e. The Labute approximate surface area is 148 Å². The molecule has 0 spiro atoms. The lowest BCUT2D eigenvalue weighted by atomic mass is 10.0. The van der Waals surface area contributed by atoms with Crippen LogP contribution in [0.1, 0.15) is 38.2 Å². The number of nitrogens with zero attached hydrogens (tertiary/aromatic N) is 2. The van der Waals surface area contributed by atoms with Crippen molar-refractivity contribution in [2.24, 2.45) is 0 Å². The van der Waals surface area contributed by atoms with Crippen molar-refractivity contribution < 1.29 is 14.0 Å². The Morgan fingerprint density at radius 1 is 1.12 bits per heavy atom. The van der Waals surface area contributed by atoms with E-state index < -0.39 is 0 Å². The Hall–Kier alpha value is -1.95. The number of rotatable bonds is 5. The zero-order valence-corrected chi connectivity index (χ0v) is 14.7. The Bertz CT molecular complexity index is 620. The summed E-state index contributed by atoms with van der Waals surface area (Å²) in [6, 6.07) is 6.67. The van der Waals surface area contributed by atoms with Gasteiger partial charge in [0.25, 0.3) is 0 Å². The lowest BCUT2D eigenvalue weighted by Crippen LogP contribution is -2.50. The average Bonchev–Trinajstić information content (AvgIpc) is 3.22. The number of hydrogen-bond donors (Lipinski definition) is 1. The van der Waals surface area contributed by atoms with Gasteiger partial charge in [-0.2, -0.15) is 0 Å². The van der Waals surface area contributed by atoms with Crippen molar-refractivity contribution in [1.82, 2.24) is 15.1 Å². The third-order valence-electron chi connectivity index (χ3n) is 5.31. The summed E-state index contributed by atoms with van der Waals surface area (Å²) in [5.41, 5.74) is 0.881. The third kappa shape index (κ3) is 4.37. The number of carbonyl (C=O) groups excluding carboxylic acids is 2. The molecule has 1 aromatic rings. The highest BCUT2D eigenvalue weighted by Gasteiger charge is 2.39. The fourth-order valence-electron chi connectivity index (χ4n) is 4.11. The monoisotopic (exact) mass is 347 g/mol. The topological polar surface area (TPSA) is 52.7 Å². The molecular formula is C19H26FN3O2. The van der Waals surface area contributed by atoms with Crippen LogP contribution >= 0.6 is 0 Å². The molecule has 2 saturated heterocycles. The van der Waals surface area contributed by atoms with Gasteiger partial charge in [0.15, 0.2) is 0 Å². The number of halogens is 1. The highest BCUT2D eigenvalue weighted by atomic mass is 19.1. The minimum Gasteiger partial charge on any atom is -0.351 e. The fraction of sp³-hybridized carbons (Fsp3) is 0.579. The molecule has 1 aromatic carbocycles. The van der Waals surface area contributed by atoms with E-state index in [2.05, 4.69) is 10.2 Å². The summed E-state index contributed by atoms with van der Waals surface area (Å²) in [6.07, 6.45) is 4.18. The lowest BCUT2D eigenvalue weighted by Gasteiger charge is -2.34. The van der Waals surface area contributed by atoms with Crippen molar-refractivity contribution in [1.29, 1.82) is 0 Å². The second-order valence-electron chi connectivity index (χ2n) is 7.01. The second-order valence-corrected chi connectivity index (χ2v) is 7.01. The Kier molecular flexibility index (Phi) is 5.68. The van der Waals surface area contributed by atoms with Gasteiger partial charge >= 0.3 is 0 Å². The van der Waals surface area contributed by atoms with Crippen LogP contribution in [0.4, 0.5) is 4.39 Å². The Balaban J connectivity index is 1.53. The van der Waals surface area contributed by atoms with Gasteiger partial charge in [0.05, 0.1) is 6.54 Å². The van der Waals surface area contributed by atoms with E-state index in [0.29, 0.717) is 13.1 Å². The van der Waals surface area contributed by atoms with Crippen LogP contribution in [-0.4, -0.2) is 53.3 Å². The van der Waals surface area contributed by atoms with Crippen molar-refractivity contribution in [2.75, 3.05) is 19.6 Å². The van der Waals surface area contributed by atoms with E-state index in [1.54, 1.807) is 19.1 Å². The molecule has 3 rings (SSSR count). The van der Waals surface area contributed by atoms with Crippen LogP contribution in [0.5, 0.6) is 0 Å². The standard InChI is InChI=1S/C19H26FN3O2/c1-14(24)23-11-3-5-18(23)17-4-2-10-22(17)13-19(25)21-12-15-6-8-16(20)9-7-15/h6-9,17-18H,2-5,10-13H2,1H3,(H,21,25). The molecule has 0 aliphatic carbocycles. The molecule has 0 radical (unpaired) electrons. The fourth-order valence-corrected chi connectivity index (χ4v) is 4.11. The van der Waals surface area contributed by atoms with Crippen molar-refractivity contribution in [2.45, 2.75) is 51.2 Å². The number of carbonyl (C=O) groups is 2. The summed E-state index contributed by atoms with van der Waals surface area (Å²) >= 11 is 0. The van der Waals surface area contributed by atoms with Crippen molar-refractivity contribution in [3.63, 3.8) is 0 Å². The number of benzene rings is 1. The summed E-state index contributed by atoms with van der Waals surface area (Å²) in [6.45, 7) is 4.12. The van der Waals surface area contributed by atoms with Gasteiger partial charge in [0.1, 0.15) is 5.82 Å². The van der Waals surface area contributed by atoms with Gasteiger partial charge in [-0.05, 0) is 49.9 Å². The SMILES string of the molecule is CC(=O)N1CCCC1C1CCCN1CC(=O)NCc1ccc(F)cc1. The van der Waals surface area contributed by atoms with E-state index >= 15 is 0 Å². The molecule has 2 heterocycles. The van der Waals surface area contributed by atoms with Crippen LogP contribution in [0.3, 0.4) is 0 Å². The van der Waals surface area contributed by atoms with E-state index in [9.17, 15) is 14.0 Å². The lowest BCUT2D eigenvalue weighted by molar-refractivity contribution is -0.130. The average molecular weight is 347 g/mol. The molecule has 0 bridgehead atoms. The van der Waals surface area contributed by atoms with Crippen molar-refractivity contribution in [3.05, 3.63) is 35.6 Å². The zero-order chi connectivity index (χ0) is 17.8. The van der Waals surface area contributed by atoms with Crippen LogP contribution in [0, 0.1) is 5.82 Å². The van der Waals surface area contributed by atoms with Crippen LogP contribution in [-0.2, 0) is 16.1 Å². The van der Waals surface area contributed by atoms with Crippen molar-refractivity contribution in [3.8, 4) is 0 Å². The van der Waals surface area contributed by atoms with E-state index in [4.69, 9.17) is 0 Å². The van der Waals surface area contributed by atoms with Crippen LogP contribution in [0.2, 0.25) is 0 Å². The van der Waals surface area contributed by atoms with Crippen LogP contribution < -0.4 is 5.32 Å². The quantitative estimate of drug-likeness (QED) is 0.885. The number of hydrogen-bond acceptors (Lipinski definition) is 3. The first-order valence-electron chi connectivity index (χ1n) is 9.07. The first kappa shape index (κ1) is 17.9.